The van der Waals surface area contributed by atoms with Crippen molar-refractivity contribution in [1.29, 1.82) is 0 Å². The molecule has 0 radical (unpaired) electrons. The van der Waals surface area contributed by atoms with E-state index in [1.807, 2.05) is 13.8 Å². The number of hydrazine groups is 1. The van der Waals surface area contributed by atoms with Crippen LogP contribution in [-0.2, 0) is 0 Å². The van der Waals surface area contributed by atoms with Gasteiger partial charge in [-0.1, -0.05) is 0 Å². The van der Waals surface area contributed by atoms with E-state index in [0.717, 1.165) is 0 Å². The van der Waals surface area contributed by atoms with E-state index >= 15 is 0 Å². The summed E-state index contributed by atoms with van der Waals surface area (Å²) in [5, 5.41) is 6.77. The van der Waals surface area contributed by atoms with Crippen molar-refractivity contribution in [3.63, 3.8) is 0 Å². The fourth-order valence-corrected chi connectivity index (χ4v) is 0.812. The smallest absolute Gasteiger partial charge is 0.185 e. The summed E-state index contributed by atoms with van der Waals surface area (Å²) in [5.41, 5.74) is 5.44. The lowest BCUT2D eigenvalue weighted by Gasteiger charge is -2.14. The first-order valence-corrected chi connectivity index (χ1v) is 4.42. The van der Waals surface area contributed by atoms with Gasteiger partial charge in [0, 0.05) is 13.1 Å². The summed E-state index contributed by atoms with van der Waals surface area (Å²) >= 11 is 9.74. The zero-order valence-corrected chi connectivity index (χ0v) is 9.03. The van der Waals surface area contributed by atoms with E-state index in [0.29, 0.717) is 16.3 Å². The van der Waals surface area contributed by atoms with Gasteiger partial charge < -0.3 is 10.6 Å². The average molecular weight is 206 g/mol. The molecule has 0 fully saturated rings. The second kappa shape index (κ2) is 5.96. The summed E-state index contributed by atoms with van der Waals surface area (Å²) in [6.07, 6.45) is 0. The highest BCUT2D eigenvalue weighted by atomic mass is 32.1. The van der Waals surface area contributed by atoms with Gasteiger partial charge in [-0.15, -0.1) is 0 Å². The second-order valence-corrected chi connectivity index (χ2v) is 3.27. The maximum atomic E-state index is 4.92. The Morgan fingerprint density at radius 3 is 2.00 bits per heavy atom. The first-order valence-electron chi connectivity index (χ1n) is 3.60. The van der Waals surface area contributed by atoms with Gasteiger partial charge in [-0.3, -0.25) is 10.9 Å². The Kier molecular flexibility index (Phi) is 5.65. The molecule has 0 aromatic rings. The molecule has 0 aromatic heterocycles. The van der Waals surface area contributed by atoms with Crippen LogP contribution in [0, 0.1) is 0 Å². The van der Waals surface area contributed by atoms with Crippen molar-refractivity contribution in [2.45, 2.75) is 19.9 Å². The fourth-order valence-electron chi connectivity index (χ4n) is 0.474. The van der Waals surface area contributed by atoms with Gasteiger partial charge in [0.15, 0.2) is 10.2 Å². The normalized spacial score (nSPS) is 9.00. The number of nitrogens with one attached hydrogen (secondary N) is 4. The standard InChI is InChI=1S/C6H14N4S2/c1-4(2)8-6(12)10-9-5(11)7-3/h4H,1-3H3,(H2,7,9,11)(H2,8,10,12). The summed E-state index contributed by atoms with van der Waals surface area (Å²) in [7, 11) is 1.73. The predicted octanol–water partition coefficient (Wildman–Crippen LogP) is -0.132. The second-order valence-electron chi connectivity index (χ2n) is 2.46. The SMILES string of the molecule is CNC(=S)NNC(=S)NC(C)C. The van der Waals surface area contributed by atoms with Gasteiger partial charge in [-0.25, -0.2) is 0 Å². The van der Waals surface area contributed by atoms with Gasteiger partial charge in [0.05, 0.1) is 0 Å². The predicted molar refractivity (Wildman–Crippen MR) is 58.8 cm³/mol. The minimum absolute atomic E-state index is 0.315. The van der Waals surface area contributed by atoms with Crippen LogP contribution in [0.25, 0.3) is 0 Å². The summed E-state index contributed by atoms with van der Waals surface area (Å²) in [6.45, 7) is 4.01. The lowest BCUT2D eigenvalue weighted by molar-refractivity contribution is 0.702. The van der Waals surface area contributed by atoms with Gasteiger partial charge in [-0.2, -0.15) is 0 Å². The first kappa shape index (κ1) is 11.4. The molecule has 0 saturated heterocycles. The molecule has 70 valence electrons. The van der Waals surface area contributed by atoms with Crippen LogP contribution in [-0.4, -0.2) is 23.3 Å². The monoisotopic (exact) mass is 206 g/mol. The fraction of sp³-hybridized carbons (Fsp3) is 0.667. The highest BCUT2D eigenvalue weighted by molar-refractivity contribution is 7.80. The Morgan fingerprint density at radius 2 is 1.58 bits per heavy atom. The van der Waals surface area contributed by atoms with Crippen LogP contribution < -0.4 is 21.5 Å². The van der Waals surface area contributed by atoms with Gasteiger partial charge in [0.25, 0.3) is 0 Å². The van der Waals surface area contributed by atoms with E-state index in [4.69, 9.17) is 24.4 Å². The Bertz CT molecular complexity index is 169. The number of thiocarbonyl (C=S) groups is 2. The molecule has 0 unspecified atom stereocenters. The van der Waals surface area contributed by atoms with Crippen LogP contribution in [0.4, 0.5) is 0 Å². The molecule has 0 aliphatic carbocycles. The molecule has 0 amide bonds. The molecule has 0 rings (SSSR count). The minimum atomic E-state index is 0.315. The van der Waals surface area contributed by atoms with Gasteiger partial charge >= 0.3 is 0 Å². The van der Waals surface area contributed by atoms with E-state index in [1.165, 1.54) is 0 Å². The molecule has 0 bridgehead atoms. The minimum Gasteiger partial charge on any atom is -0.364 e. The third kappa shape index (κ3) is 6.11. The van der Waals surface area contributed by atoms with Crippen molar-refractivity contribution in [3.8, 4) is 0 Å². The largest absolute Gasteiger partial charge is 0.364 e. The molecule has 0 aromatic carbocycles. The van der Waals surface area contributed by atoms with Crippen molar-refractivity contribution < 1.29 is 0 Å². The summed E-state index contributed by atoms with van der Waals surface area (Å²) < 4.78 is 0. The van der Waals surface area contributed by atoms with E-state index in [2.05, 4.69) is 21.5 Å². The van der Waals surface area contributed by atoms with Crippen molar-refractivity contribution in [2.24, 2.45) is 0 Å². The average Bonchev–Trinajstić information content (AvgIpc) is 1.99. The van der Waals surface area contributed by atoms with Gasteiger partial charge in [0.2, 0.25) is 0 Å². The van der Waals surface area contributed by atoms with Gasteiger partial charge in [0.1, 0.15) is 0 Å². The lowest BCUT2D eigenvalue weighted by atomic mass is 10.4. The summed E-state index contributed by atoms with van der Waals surface area (Å²) in [4.78, 5) is 0. The molecule has 12 heavy (non-hydrogen) atoms. The third-order valence-electron chi connectivity index (χ3n) is 0.936. The zero-order valence-electron chi connectivity index (χ0n) is 7.39. The van der Waals surface area contributed by atoms with Crippen molar-refractivity contribution in [1.82, 2.24) is 21.5 Å². The van der Waals surface area contributed by atoms with Gasteiger partial charge in [-0.05, 0) is 38.3 Å². The molecular weight excluding hydrogens is 192 g/mol. The number of hydrogen-bond donors (Lipinski definition) is 4. The molecule has 0 spiro atoms. The zero-order chi connectivity index (χ0) is 9.56. The summed E-state index contributed by atoms with van der Waals surface area (Å²) in [6, 6.07) is 0.315. The summed E-state index contributed by atoms with van der Waals surface area (Å²) in [5.74, 6) is 0. The Balaban J connectivity index is 3.51. The highest BCUT2D eigenvalue weighted by Crippen LogP contribution is 1.75. The van der Waals surface area contributed by atoms with E-state index in [9.17, 15) is 0 Å². The number of rotatable bonds is 1. The van der Waals surface area contributed by atoms with Crippen LogP contribution in [0.1, 0.15) is 13.8 Å². The van der Waals surface area contributed by atoms with Crippen molar-refractivity contribution in [2.75, 3.05) is 7.05 Å². The van der Waals surface area contributed by atoms with E-state index < -0.39 is 0 Å². The Hall–Kier alpha value is -0.620. The Labute approximate surface area is 83.5 Å². The maximum absolute atomic E-state index is 4.92. The van der Waals surface area contributed by atoms with E-state index in [1.54, 1.807) is 7.05 Å². The van der Waals surface area contributed by atoms with Crippen molar-refractivity contribution >= 4 is 34.7 Å². The lowest BCUT2D eigenvalue weighted by Crippen LogP contribution is -2.50. The highest BCUT2D eigenvalue weighted by Gasteiger charge is 1.96. The molecule has 0 heterocycles. The Morgan fingerprint density at radius 1 is 1.08 bits per heavy atom. The van der Waals surface area contributed by atoms with Crippen molar-refractivity contribution in [3.05, 3.63) is 0 Å². The van der Waals surface area contributed by atoms with Crippen LogP contribution >= 0.6 is 24.4 Å². The molecule has 4 N–H and O–H groups in total. The van der Waals surface area contributed by atoms with E-state index in [-0.39, 0.29) is 0 Å². The maximum Gasteiger partial charge on any atom is 0.185 e. The quantitative estimate of drug-likeness (QED) is 0.354. The first-order chi connectivity index (χ1) is 5.56. The topological polar surface area (TPSA) is 48.1 Å². The molecule has 0 aliphatic rings. The third-order valence-corrected chi connectivity index (χ3v) is 1.46. The molecule has 4 nitrogen and oxygen atoms in total. The molecule has 6 heteroatoms. The van der Waals surface area contributed by atoms with Crippen LogP contribution in [0.3, 0.4) is 0 Å². The van der Waals surface area contributed by atoms with Crippen LogP contribution in [0.15, 0.2) is 0 Å². The number of hydrogen-bond acceptors (Lipinski definition) is 2. The van der Waals surface area contributed by atoms with Crippen LogP contribution in [0.2, 0.25) is 0 Å². The molecule has 0 atom stereocenters. The van der Waals surface area contributed by atoms with Crippen LogP contribution in [0.5, 0.6) is 0 Å². The molecule has 0 aliphatic heterocycles. The molecule has 0 saturated carbocycles. The molecular formula is C6H14N4S2.